The Bertz CT molecular complexity index is 1330. The fraction of sp³-hybridized carbons (Fsp3) is 0.286. The molecular formula is C21H18BrClN4O3. The van der Waals surface area contributed by atoms with Gasteiger partial charge in [0, 0.05) is 22.7 Å². The molecule has 1 atom stereocenters. The van der Waals surface area contributed by atoms with Crippen LogP contribution in [0.1, 0.15) is 31.1 Å². The van der Waals surface area contributed by atoms with E-state index in [9.17, 15) is 4.79 Å². The van der Waals surface area contributed by atoms with Crippen molar-refractivity contribution in [3.05, 3.63) is 56.1 Å². The third-order valence-electron chi connectivity index (χ3n) is 5.32. The van der Waals surface area contributed by atoms with Crippen LogP contribution in [0.5, 0.6) is 11.6 Å². The summed E-state index contributed by atoms with van der Waals surface area (Å²) in [6.45, 7) is 2.67. The van der Waals surface area contributed by atoms with Crippen LogP contribution in [0.2, 0.25) is 5.15 Å². The zero-order valence-electron chi connectivity index (χ0n) is 16.1. The summed E-state index contributed by atoms with van der Waals surface area (Å²) in [7, 11) is 0. The van der Waals surface area contributed by atoms with Crippen LogP contribution in [0, 0.1) is 6.92 Å². The highest BCUT2D eigenvalue weighted by molar-refractivity contribution is 9.10. The molecular weight excluding hydrogens is 472 g/mol. The van der Waals surface area contributed by atoms with Crippen LogP contribution in [-0.4, -0.2) is 26.4 Å². The van der Waals surface area contributed by atoms with Gasteiger partial charge in [-0.2, -0.15) is 5.10 Å². The number of nitrogens with zero attached hydrogens (tertiary/aromatic N) is 3. The molecule has 0 radical (unpaired) electrons. The van der Waals surface area contributed by atoms with Crippen molar-refractivity contribution in [2.24, 2.45) is 0 Å². The number of rotatable bonds is 3. The molecule has 1 aliphatic rings. The summed E-state index contributed by atoms with van der Waals surface area (Å²) < 4.78 is 14.7. The fourth-order valence-corrected chi connectivity index (χ4v) is 4.45. The molecule has 4 heterocycles. The van der Waals surface area contributed by atoms with Crippen molar-refractivity contribution in [2.75, 3.05) is 6.61 Å². The number of halogens is 2. The van der Waals surface area contributed by atoms with Crippen LogP contribution in [-0.2, 0) is 4.74 Å². The highest BCUT2D eigenvalue weighted by atomic mass is 79.9. The monoisotopic (exact) mass is 488 g/mol. The number of H-pyrrole nitrogens is 1. The Morgan fingerprint density at radius 2 is 2.20 bits per heavy atom. The molecule has 4 aromatic rings. The minimum atomic E-state index is -0.302. The van der Waals surface area contributed by atoms with E-state index in [1.165, 1.54) is 0 Å². The van der Waals surface area contributed by atoms with E-state index < -0.39 is 0 Å². The maximum absolute atomic E-state index is 12.5. The van der Waals surface area contributed by atoms with Gasteiger partial charge in [0.15, 0.2) is 6.23 Å². The Labute approximate surface area is 185 Å². The van der Waals surface area contributed by atoms with E-state index in [1.807, 2.05) is 23.7 Å². The van der Waals surface area contributed by atoms with Crippen LogP contribution in [0.25, 0.3) is 21.7 Å². The number of aromatic amines is 1. The summed E-state index contributed by atoms with van der Waals surface area (Å²) in [5, 5.41) is 6.58. The van der Waals surface area contributed by atoms with Crippen LogP contribution >= 0.6 is 27.5 Å². The number of hydrogen-bond donors (Lipinski definition) is 1. The van der Waals surface area contributed by atoms with E-state index in [1.54, 1.807) is 18.5 Å². The van der Waals surface area contributed by atoms with Crippen LogP contribution < -0.4 is 10.3 Å². The molecule has 9 heteroatoms. The average Bonchev–Trinajstić information content (AvgIpc) is 3.17. The van der Waals surface area contributed by atoms with Gasteiger partial charge in [0.05, 0.1) is 17.1 Å². The highest BCUT2D eigenvalue weighted by Gasteiger charge is 2.22. The molecule has 1 saturated heterocycles. The molecule has 1 unspecified atom stereocenters. The van der Waals surface area contributed by atoms with E-state index in [2.05, 4.69) is 31.0 Å². The number of aromatic nitrogens is 4. The number of nitrogens with one attached hydrogen (secondary N) is 1. The standard InChI is InChI=1S/C21H18BrClN4O3/c1-11-5-6-15-13(9-25-27(15)17-4-2-3-7-29-17)19(11)30-21-18-12(8-16(23)26-21)14(22)10-24-20(18)28/h5-6,8-10,17H,2-4,7H2,1H3,(H,24,28). The molecule has 1 fully saturated rings. The van der Waals surface area contributed by atoms with Crippen LogP contribution in [0.3, 0.4) is 0 Å². The van der Waals surface area contributed by atoms with E-state index in [-0.39, 0.29) is 22.8 Å². The van der Waals surface area contributed by atoms with Crippen molar-refractivity contribution in [1.82, 2.24) is 19.7 Å². The second kappa shape index (κ2) is 7.68. The van der Waals surface area contributed by atoms with Gasteiger partial charge in [0.25, 0.3) is 5.56 Å². The highest BCUT2D eigenvalue weighted by Crippen LogP contribution is 2.38. The van der Waals surface area contributed by atoms with Gasteiger partial charge in [-0.3, -0.25) is 4.79 Å². The normalized spacial score (nSPS) is 17.0. The first-order valence-corrected chi connectivity index (χ1v) is 10.8. The molecule has 154 valence electrons. The maximum Gasteiger partial charge on any atom is 0.261 e. The van der Waals surface area contributed by atoms with Gasteiger partial charge in [-0.05, 0) is 59.8 Å². The first-order valence-electron chi connectivity index (χ1n) is 9.66. The van der Waals surface area contributed by atoms with E-state index >= 15 is 0 Å². The lowest BCUT2D eigenvalue weighted by Crippen LogP contribution is -2.18. The fourth-order valence-electron chi connectivity index (χ4n) is 3.84. The summed E-state index contributed by atoms with van der Waals surface area (Å²) in [5.41, 5.74) is 1.50. The predicted octanol–water partition coefficient (Wildman–Crippen LogP) is 5.49. The first kappa shape index (κ1) is 19.5. The molecule has 0 aliphatic carbocycles. The molecule has 5 rings (SSSR count). The van der Waals surface area contributed by atoms with E-state index in [0.717, 1.165) is 42.3 Å². The first-order chi connectivity index (χ1) is 14.5. The lowest BCUT2D eigenvalue weighted by Gasteiger charge is -2.23. The molecule has 0 spiro atoms. The number of aryl methyl sites for hydroxylation is 1. The summed E-state index contributed by atoms with van der Waals surface area (Å²) in [6.07, 6.45) is 6.35. The molecule has 1 aliphatic heterocycles. The quantitative estimate of drug-likeness (QED) is 0.385. The molecule has 0 amide bonds. The van der Waals surface area contributed by atoms with Gasteiger partial charge in [0.2, 0.25) is 5.88 Å². The third kappa shape index (κ3) is 3.29. The lowest BCUT2D eigenvalue weighted by molar-refractivity contribution is -0.0366. The number of ether oxygens (including phenoxy) is 2. The third-order valence-corrected chi connectivity index (χ3v) is 6.17. The van der Waals surface area contributed by atoms with Crippen molar-refractivity contribution >= 4 is 49.2 Å². The topological polar surface area (TPSA) is 82.0 Å². The zero-order chi connectivity index (χ0) is 20.8. The van der Waals surface area contributed by atoms with Gasteiger partial charge in [-0.25, -0.2) is 9.67 Å². The summed E-state index contributed by atoms with van der Waals surface area (Å²) in [5.74, 6) is 0.738. The van der Waals surface area contributed by atoms with Crippen molar-refractivity contribution in [2.45, 2.75) is 32.4 Å². The summed E-state index contributed by atoms with van der Waals surface area (Å²) in [4.78, 5) is 19.5. The number of hydrogen-bond acceptors (Lipinski definition) is 5. The Kier molecular flexibility index (Phi) is 5.00. The molecule has 1 N–H and O–H groups in total. The second-order valence-corrected chi connectivity index (χ2v) is 8.54. The average molecular weight is 490 g/mol. The number of benzene rings is 1. The molecule has 0 saturated carbocycles. The number of pyridine rings is 2. The van der Waals surface area contributed by atoms with Crippen LogP contribution in [0.15, 0.2) is 39.9 Å². The lowest BCUT2D eigenvalue weighted by atomic mass is 10.1. The van der Waals surface area contributed by atoms with Crippen molar-refractivity contribution in [1.29, 1.82) is 0 Å². The van der Waals surface area contributed by atoms with Crippen molar-refractivity contribution in [3.63, 3.8) is 0 Å². The Morgan fingerprint density at radius 1 is 1.33 bits per heavy atom. The minimum Gasteiger partial charge on any atom is -0.437 e. The molecule has 0 bridgehead atoms. The van der Waals surface area contributed by atoms with Gasteiger partial charge < -0.3 is 14.5 Å². The SMILES string of the molecule is Cc1ccc2c(cnn2C2CCCCO2)c1Oc1nc(Cl)cc2c(Br)c[nH]c(=O)c12. The zero-order valence-corrected chi connectivity index (χ0v) is 18.5. The largest absolute Gasteiger partial charge is 0.437 e. The second-order valence-electron chi connectivity index (χ2n) is 7.30. The van der Waals surface area contributed by atoms with E-state index in [4.69, 9.17) is 21.1 Å². The maximum atomic E-state index is 12.5. The van der Waals surface area contributed by atoms with Gasteiger partial charge in [-0.15, -0.1) is 0 Å². The molecule has 7 nitrogen and oxygen atoms in total. The Hall–Kier alpha value is -2.42. The van der Waals surface area contributed by atoms with Gasteiger partial charge in [-0.1, -0.05) is 17.7 Å². The smallest absolute Gasteiger partial charge is 0.261 e. The van der Waals surface area contributed by atoms with Crippen LogP contribution in [0.4, 0.5) is 0 Å². The molecule has 3 aromatic heterocycles. The van der Waals surface area contributed by atoms with Gasteiger partial charge >= 0.3 is 0 Å². The molecule has 1 aromatic carbocycles. The minimum absolute atomic E-state index is 0.0873. The Morgan fingerprint density at radius 3 is 3.00 bits per heavy atom. The summed E-state index contributed by atoms with van der Waals surface area (Å²) in [6, 6.07) is 5.61. The predicted molar refractivity (Wildman–Crippen MR) is 118 cm³/mol. The number of fused-ring (bicyclic) bond motifs is 2. The van der Waals surface area contributed by atoms with E-state index in [0.29, 0.717) is 21.0 Å². The Balaban J connectivity index is 1.66. The van der Waals surface area contributed by atoms with Crippen molar-refractivity contribution < 1.29 is 9.47 Å². The summed E-state index contributed by atoms with van der Waals surface area (Å²) >= 11 is 9.67. The van der Waals surface area contributed by atoms with Crippen molar-refractivity contribution in [3.8, 4) is 11.6 Å². The van der Waals surface area contributed by atoms with Gasteiger partial charge in [0.1, 0.15) is 16.3 Å². The molecule has 30 heavy (non-hydrogen) atoms.